The summed E-state index contributed by atoms with van der Waals surface area (Å²) in [5.41, 5.74) is 5.53. The summed E-state index contributed by atoms with van der Waals surface area (Å²) in [4.78, 5) is 13.8. The van der Waals surface area contributed by atoms with E-state index in [1.807, 2.05) is 6.92 Å². The summed E-state index contributed by atoms with van der Waals surface area (Å²) >= 11 is 0. The highest BCUT2D eigenvalue weighted by molar-refractivity contribution is 5.76. The number of nitrogens with two attached hydrogens (primary N) is 2. The summed E-state index contributed by atoms with van der Waals surface area (Å²) in [5, 5.41) is 11.9. The first-order valence-electron chi connectivity index (χ1n) is 4.97. The average Bonchev–Trinajstić information content (AvgIpc) is 2.27. The molecule has 0 radical (unpaired) electrons. The molecule has 0 heterocycles. The van der Waals surface area contributed by atoms with Crippen LogP contribution in [-0.4, -0.2) is 23.2 Å². The zero-order valence-corrected chi connectivity index (χ0v) is 9.91. The van der Waals surface area contributed by atoms with Gasteiger partial charge in [0.1, 0.15) is 0 Å². The van der Waals surface area contributed by atoms with E-state index in [4.69, 9.17) is 11.6 Å². The number of nitro groups is 1. The van der Waals surface area contributed by atoms with Crippen molar-refractivity contribution in [3.63, 3.8) is 0 Å². The van der Waals surface area contributed by atoms with Crippen LogP contribution in [0.1, 0.15) is 13.3 Å². The Hall–Kier alpha value is -2.15. The van der Waals surface area contributed by atoms with Crippen molar-refractivity contribution in [3.8, 4) is 0 Å². The fourth-order valence-corrected chi connectivity index (χ4v) is 1.05. The molecule has 0 aromatic carbocycles. The molecule has 94 valence electrons. The van der Waals surface area contributed by atoms with E-state index in [9.17, 15) is 10.1 Å². The SMILES string of the molecule is CC/C=C(/C=C(\C=NC)[N+](=O)[O-])N(N)/C=C\N. The summed E-state index contributed by atoms with van der Waals surface area (Å²) in [6.07, 6.45) is 7.56. The van der Waals surface area contributed by atoms with E-state index < -0.39 is 4.92 Å². The monoisotopic (exact) mass is 239 g/mol. The summed E-state index contributed by atoms with van der Waals surface area (Å²) < 4.78 is 0. The third kappa shape index (κ3) is 5.47. The number of aliphatic imine (C=N–C) groups is 1. The van der Waals surface area contributed by atoms with Crippen LogP contribution in [0, 0.1) is 10.1 Å². The molecular formula is C10H17N5O2. The maximum atomic E-state index is 10.7. The topological polar surface area (TPSA) is 111 Å². The second kappa shape index (κ2) is 8.05. The summed E-state index contributed by atoms with van der Waals surface area (Å²) in [6, 6.07) is 0. The van der Waals surface area contributed by atoms with Gasteiger partial charge in [-0.3, -0.25) is 20.1 Å². The van der Waals surface area contributed by atoms with Gasteiger partial charge >= 0.3 is 0 Å². The van der Waals surface area contributed by atoms with Crippen molar-refractivity contribution in [1.29, 1.82) is 0 Å². The predicted octanol–water partition coefficient (Wildman–Crippen LogP) is 0.747. The molecule has 0 saturated heterocycles. The van der Waals surface area contributed by atoms with Crippen LogP contribution in [0.4, 0.5) is 0 Å². The minimum atomic E-state index is -0.531. The maximum Gasteiger partial charge on any atom is 0.289 e. The molecule has 0 aromatic rings. The Labute approximate surface area is 99.9 Å². The van der Waals surface area contributed by atoms with Crippen LogP contribution in [0.15, 0.2) is 40.9 Å². The first-order chi connectivity index (χ1) is 8.06. The minimum Gasteiger partial charge on any atom is -0.403 e. The van der Waals surface area contributed by atoms with Crippen LogP contribution >= 0.6 is 0 Å². The van der Waals surface area contributed by atoms with E-state index in [1.54, 1.807) is 6.08 Å². The number of hydrogen-bond acceptors (Lipinski definition) is 6. The van der Waals surface area contributed by atoms with Crippen molar-refractivity contribution in [3.05, 3.63) is 46.1 Å². The molecule has 0 aliphatic heterocycles. The zero-order valence-electron chi connectivity index (χ0n) is 9.91. The van der Waals surface area contributed by atoms with Gasteiger partial charge in [-0.2, -0.15) is 0 Å². The van der Waals surface area contributed by atoms with Gasteiger partial charge in [0.05, 0.1) is 16.8 Å². The molecule has 0 aliphatic rings. The Kier molecular flexibility index (Phi) is 7.04. The minimum absolute atomic E-state index is 0.145. The molecule has 7 nitrogen and oxygen atoms in total. The number of hydrazine groups is 1. The molecule has 7 heteroatoms. The lowest BCUT2D eigenvalue weighted by Crippen LogP contribution is -2.24. The lowest BCUT2D eigenvalue weighted by atomic mass is 10.3. The molecule has 0 rings (SSSR count). The lowest BCUT2D eigenvalue weighted by molar-refractivity contribution is -0.414. The summed E-state index contributed by atoms with van der Waals surface area (Å²) in [5.74, 6) is 5.65. The van der Waals surface area contributed by atoms with Crippen LogP contribution < -0.4 is 11.6 Å². The highest BCUT2D eigenvalue weighted by atomic mass is 16.6. The van der Waals surface area contributed by atoms with Gasteiger partial charge in [0, 0.05) is 25.5 Å². The highest BCUT2D eigenvalue weighted by Gasteiger charge is 2.09. The quantitative estimate of drug-likeness (QED) is 0.233. The number of nitrogens with zero attached hydrogens (tertiary/aromatic N) is 3. The first-order valence-corrected chi connectivity index (χ1v) is 4.97. The van der Waals surface area contributed by atoms with Crippen LogP contribution in [0.2, 0.25) is 0 Å². The summed E-state index contributed by atoms with van der Waals surface area (Å²) in [6.45, 7) is 1.90. The molecule has 0 atom stereocenters. The van der Waals surface area contributed by atoms with Gasteiger partial charge < -0.3 is 5.73 Å². The third-order valence-electron chi connectivity index (χ3n) is 1.73. The predicted molar refractivity (Wildman–Crippen MR) is 67.2 cm³/mol. The molecule has 0 aromatic heterocycles. The largest absolute Gasteiger partial charge is 0.403 e. The third-order valence-corrected chi connectivity index (χ3v) is 1.73. The van der Waals surface area contributed by atoms with E-state index >= 15 is 0 Å². The van der Waals surface area contributed by atoms with E-state index in [1.165, 1.54) is 30.5 Å². The molecule has 0 amide bonds. The van der Waals surface area contributed by atoms with Crippen molar-refractivity contribution >= 4 is 6.21 Å². The Morgan fingerprint density at radius 3 is 2.65 bits per heavy atom. The second-order valence-corrected chi connectivity index (χ2v) is 3.00. The van der Waals surface area contributed by atoms with Gasteiger partial charge in [-0.25, -0.2) is 5.84 Å². The number of rotatable bonds is 6. The van der Waals surface area contributed by atoms with E-state index in [2.05, 4.69) is 4.99 Å². The van der Waals surface area contributed by atoms with Crippen molar-refractivity contribution in [2.45, 2.75) is 13.3 Å². The molecule has 0 aliphatic carbocycles. The maximum absolute atomic E-state index is 10.7. The van der Waals surface area contributed by atoms with Gasteiger partial charge in [-0.05, 0) is 6.42 Å². The van der Waals surface area contributed by atoms with Gasteiger partial charge in [-0.15, -0.1) is 0 Å². The lowest BCUT2D eigenvalue weighted by Gasteiger charge is -2.13. The average molecular weight is 239 g/mol. The fourth-order valence-electron chi connectivity index (χ4n) is 1.05. The molecule has 4 N–H and O–H groups in total. The second-order valence-electron chi connectivity index (χ2n) is 3.00. The normalized spacial score (nSPS) is 13.6. The molecule has 0 unspecified atom stereocenters. The zero-order chi connectivity index (χ0) is 13.3. The van der Waals surface area contributed by atoms with E-state index in [0.29, 0.717) is 12.1 Å². The Morgan fingerprint density at radius 2 is 2.24 bits per heavy atom. The fraction of sp³-hybridized carbons (Fsp3) is 0.300. The van der Waals surface area contributed by atoms with Gasteiger partial charge in [-0.1, -0.05) is 13.0 Å². The highest BCUT2D eigenvalue weighted by Crippen LogP contribution is 2.07. The smallest absolute Gasteiger partial charge is 0.289 e. The molecule has 0 spiro atoms. The van der Waals surface area contributed by atoms with Crippen LogP contribution in [0.5, 0.6) is 0 Å². The molecule has 17 heavy (non-hydrogen) atoms. The Balaban J connectivity index is 5.27. The van der Waals surface area contributed by atoms with Crippen LogP contribution in [0.3, 0.4) is 0 Å². The Morgan fingerprint density at radius 1 is 1.59 bits per heavy atom. The summed E-state index contributed by atoms with van der Waals surface area (Å²) in [7, 11) is 1.46. The van der Waals surface area contributed by atoms with Crippen molar-refractivity contribution in [2.75, 3.05) is 7.05 Å². The van der Waals surface area contributed by atoms with Crippen LogP contribution in [-0.2, 0) is 0 Å². The van der Waals surface area contributed by atoms with E-state index in [-0.39, 0.29) is 5.70 Å². The van der Waals surface area contributed by atoms with Crippen molar-refractivity contribution in [1.82, 2.24) is 5.01 Å². The molecule has 0 fully saturated rings. The first kappa shape index (κ1) is 14.8. The van der Waals surface area contributed by atoms with Gasteiger partial charge in [0.25, 0.3) is 5.70 Å². The van der Waals surface area contributed by atoms with Gasteiger partial charge in [0.2, 0.25) is 0 Å². The molecule has 0 saturated carbocycles. The van der Waals surface area contributed by atoms with E-state index in [0.717, 1.165) is 6.21 Å². The van der Waals surface area contributed by atoms with Crippen LogP contribution in [0.25, 0.3) is 0 Å². The number of allylic oxidation sites excluding steroid dienone is 3. The van der Waals surface area contributed by atoms with Gasteiger partial charge in [0.15, 0.2) is 0 Å². The van der Waals surface area contributed by atoms with Crippen molar-refractivity contribution < 1.29 is 4.92 Å². The Bertz CT molecular complexity index is 371. The number of hydrogen-bond donors (Lipinski definition) is 2. The molecular weight excluding hydrogens is 222 g/mol. The molecule has 0 bridgehead atoms. The standard InChI is InChI=1S/C10H17N5O2/c1-3-4-9(14(12)6-5-11)7-10(8-13-2)15(16)17/h4-8H,3,11-12H2,1-2H3/b6-5-,9-4-,10-7+,13-8?. The van der Waals surface area contributed by atoms with Crippen molar-refractivity contribution in [2.24, 2.45) is 16.6 Å².